The number of carbonyl (C=O) groups is 1. The number of rotatable bonds is 4. The molecular weight excluding hydrogens is 362 g/mol. The predicted molar refractivity (Wildman–Crippen MR) is 94.1 cm³/mol. The minimum Gasteiger partial charge on any atom is -0.369 e. The summed E-state index contributed by atoms with van der Waals surface area (Å²) in [5.74, 6) is 0.778. The molecule has 3 saturated heterocycles. The number of nitrogens with zero attached hydrogens (tertiary/aromatic N) is 6. The van der Waals surface area contributed by atoms with Crippen molar-refractivity contribution in [2.75, 3.05) is 24.5 Å². The molecule has 0 saturated carbocycles. The van der Waals surface area contributed by atoms with E-state index in [2.05, 4.69) is 41.2 Å². The Morgan fingerprint density at radius 2 is 2.29 bits per heavy atom. The van der Waals surface area contributed by atoms with E-state index in [-0.39, 0.29) is 35.1 Å². The minimum absolute atomic E-state index is 0.140. The van der Waals surface area contributed by atoms with Crippen LogP contribution in [-0.2, 0) is 4.74 Å². The molecule has 10 nitrogen and oxygen atoms in total. The van der Waals surface area contributed by atoms with Gasteiger partial charge < -0.3 is 15.0 Å². The van der Waals surface area contributed by atoms with Crippen molar-refractivity contribution in [3.8, 4) is 6.07 Å². The predicted octanol–water partition coefficient (Wildman–Crippen LogP) is 0.453. The number of aryl methyl sites for hydroxylation is 1. The molecule has 4 atom stereocenters. The van der Waals surface area contributed by atoms with E-state index in [1.54, 1.807) is 13.1 Å². The third-order valence-electron chi connectivity index (χ3n) is 6.23. The van der Waals surface area contributed by atoms with E-state index in [0.29, 0.717) is 30.3 Å². The van der Waals surface area contributed by atoms with Crippen molar-refractivity contribution in [1.29, 1.82) is 5.26 Å². The van der Waals surface area contributed by atoms with Crippen molar-refractivity contribution in [3.63, 3.8) is 0 Å². The van der Waals surface area contributed by atoms with Crippen molar-refractivity contribution in [1.82, 2.24) is 25.6 Å². The summed E-state index contributed by atoms with van der Waals surface area (Å²) >= 11 is 0. The standard InChI is InChI=1S/C18H19N7O3/c1-10-15(24-28-23-10)17(26)22-7-11-12-8-25(9-18(12)3-2-14(11)27-18)16-13(6-19)20-4-5-21-16/h4-5,11-12,14H,2-3,7-9H2,1H3,(H,22,26)/t11-,12+,14+,18+/m0/s1. The monoisotopic (exact) mass is 381 g/mol. The van der Waals surface area contributed by atoms with Crippen LogP contribution in [-0.4, -0.2) is 57.5 Å². The average Bonchev–Trinajstić information content (AvgIpc) is 3.46. The number of nitrogens with one attached hydrogen (secondary N) is 1. The number of hydrogen-bond acceptors (Lipinski definition) is 9. The molecular formula is C18H19N7O3. The van der Waals surface area contributed by atoms with Gasteiger partial charge in [-0.3, -0.25) is 4.79 Å². The van der Waals surface area contributed by atoms with Crippen LogP contribution in [0.15, 0.2) is 17.0 Å². The Hall–Kier alpha value is -3.06. The summed E-state index contributed by atoms with van der Waals surface area (Å²) in [4.78, 5) is 23.0. The number of amides is 1. The lowest BCUT2D eigenvalue weighted by atomic mass is 9.73. The molecule has 0 unspecified atom stereocenters. The highest BCUT2D eigenvalue weighted by Gasteiger charge is 2.63. The molecule has 2 aromatic rings. The van der Waals surface area contributed by atoms with Crippen LogP contribution in [0.1, 0.15) is 34.7 Å². The fourth-order valence-corrected chi connectivity index (χ4v) is 5.00. The lowest BCUT2D eigenvalue weighted by Gasteiger charge is -2.29. The van der Waals surface area contributed by atoms with Crippen molar-refractivity contribution >= 4 is 11.7 Å². The summed E-state index contributed by atoms with van der Waals surface area (Å²) in [7, 11) is 0. The zero-order valence-corrected chi connectivity index (χ0v) is 15.3. The fourth-order valence-electron chi connectivity index (χ4n) is 5.00. The van der Waals surface area contributed by atoms with Gasteiger partial charge in [0.1, 0.15) is 11.8 Å². The number of carbonyl (C=O) groups excluding carboxylic acids is 1. The maximum Gasteiger partial charge on any atom is 0.275 e. The highest BCUT2D eigenvalue weighted by Crippen LogP contribution is 2.55. The van der Waals surface area contributed by atoms with Gasteiger partial charge in [-0.25, -0.2) is 14.6 Å². The Balaban J connectivity index is 1.33. The third kappa shape index (κ3) is 2.46. The van der Waals surface area contributed by atoms with Gasteiger partial charge in [0.05, 0.1) is 11.7 Å². The summed E-state index contributed by atoms with van der Waals surface area (Å²) in [5.41, 5.74) is 0.768. The molecule has 2 bridgehead atoms. The molecule has 2 aromatic heterocycles. The summed E-state index contributed by atoms with van der Waals surface area (Å²) in [5, 5.41) is 19.6. The van der Waals surface area contributed by atoms with Crippen LogP contribution in [0.25, 0.3) is 0 Å². The Morgan fingerprint density at radius 3 is 3.07 bits per heavy atom. The van der Waals surface area contributed by atoms with Crippen LogP contribution in [0, 0.1) is 30.1 Å². The molecule has 28 heavy (non-hydrogen) atoms. The van der Waals surface area contributed by atoms with Crippen molar-refractivity contribution in [3.05, 3.63) is 29.5 Å². The van der Waals surface area contributed by atoms with E-state index < -0.39 is 0 Å². The van der Waals surface area contributed by atoms with Gasteiger partial charge in [-0.05, 0) is 24.9 Å². The maximum atomic E-state index is 12.4. The van der Waals surface area contributed by atoms with Gasteiger partial charge in [0.2, 0.25) is 0 Å². The third-order valence-corrected chi connectivity index (χ3v) is 6.23. The largest absolute Gasteiger partial charge is 0.369 e. The van der Waals surface area contributed by atoms with Crippen LogP contribution >= 0.6 is 0 Å². The summed E-state index contributed by atoms with van der Waals surface area (Å²) in [6.07, 6.45) is 5.23. The minimum atomic E-state index is -0.286. The highest BCUT2D eigenvalue weighted by atomic mass is 16.6. The molecule has 3 fully saturated rings. The molecule has 5 heterocycles. The zero-order valence-electron chi connectivity index (χ0n) is 15.3. The van der Waals surface area contributed by atoms with E-state index in [1.807, 2.05) is 0 Å². The summed E-state index contributed by atoms with van der Waals surface area (Å²) in [6.45, 7) is 3.61. The van der Waals surface area contributed by atoms with Gasteiger partial charge in [0, 0.05) is 43.9 Å². The first-order valence-electron chi connectivity index (χ1n) is 9.32. The van der Waals surface area contributed by atoms with Crippen LogP contribution < -0.4 is 10.2 Å². The molecule has 1 spiro atoms. The molecule has 5 rings (SSSR count). The molecule has 0 radical (unpaired) electrons. The van der Waals surface area contributed by atoms with Crippen LogP contribution in [0.4, 0.5) is 5.82 Å². The second-order valence-electron chi connectivity index (χ2n) is 7.66. The number of ether oxygens (including phenoxy) is 1. The SMILES string of the molecule is Cc1nonc1C(=O)NC[C@H]1[C@H]2CN(c3nccnc3C#N)C[C@]23CC[C@H]1O3. The molecule has 3 aliphatic rings. The first-order chi connectivity index (χ1) is 13.6. The summed E-state index contributed by atoms with van der Waals surface area (Å²) < 4.78 is 11.0. The van der Waals surface area contributed by atoms with Crippen molar-refractivity contribution in [2.24, 2.45) is 11.8 Å². The topological polar surface area (TPSA) is 130 Å². The second-order valence-corrected chi connectivity index (χ2v) is 7.66. The Morgan fingerprint density at radius 1 is 1.43 bits per heavy atom. The van der Waals surface area contributed by atoms with Gasteiger partial charge >= 0.3 is 0 Å². The molecule has 1 amide bonds. The smallest absolute Gasteiger partial charge is 0.275 e. The molecule has 0 aliphatic carbocycles. The Bertz CT molecular complexity index is 970. The van der Waals surface area contributed by atoms with Crippen LogP contribution in [0.3, 0.4) is 0 Å². The van der Waals surface area contributed by atoms with Crippen LogP contribution in [0.5, 0.6) is 0 Å². The Labute approximate surface area is 160 Å². The molecule has 144 valence electrons. The summed E-state index contributed by atoms with van der Waals surface area (Å²) in [6, 6.07) is 2.12. The average molecular weight is 381 g/mol. The normalized spacial score (nSPS) is 30.3. The second kappa shape index (κ2) is 6.24. The number of fused-ring (bicyclic) bond motifs is 1. The zero-order chi connectivity index (χ0) is 19.3. The lowest BCUT2D eigenvalue weighted by molar-refractivity contribution is 0.0141. The Kier molecular flexibility index (Phi) is 3.80. The van der Waals surface area contributed by atoms with E-state index >= 15 is 0 Å². The van der Waals surface area contributed by atoms with E-state index in [1.165, 1.54) is 6.20 Å². The number of hydrogen-bond donors (Lipinski definition) is 1. The molecule has 3 aliphatic heterocycles. The number of nitriles is 1. The first kappa shape index (κ1) is 17.1. The first-order valence-corrected chi connectivity index (χ1v) is 9.32. The van der Waals surface area contributed by atoms with Gasteiger partial charge in [-0.15, -0.1) is 0 Å². The van der Waals surface area contributed by atoms with E-state index in [0.717, 1.165) is 19.4 Å². The van der Waals surface area contributed by atoms with Crippen molar-refractivity contribution < 1.29 is 14.2 Å². The fraction of sp³-hybridized carbons (Fsp3) is 0.556. The molecule has 10 heteroatoms. The molecule has 1 N–H and O–H groups in total. The van der Waals surface area contributed by atoms with E-state index in [9.17, 15) is 10.1 Å². The van der Waals surface area contributed by atoms with Gasteiger partial charge in [-0.1, -0.05) is 5.16 Å². The van der Waals surface area contributed by atoms with Crippen LogP contribution in [0.2, 0.25) is 0 Å². The highest BCUT2D eigenvalue weighted by molar-refractivity contribution is 5.92. The van der Waals surface area contributed by atoms with Crippen molar-refractivity contribution in [2.45, 2.75) is 31.5 Å². The number of anilines is 1. The maximum absolute atomic E-state index is 12.4. The quantitative estimate of drug-likeness (QED) is 0.802. The molecule has 0 aromatic carbocycles. The van der Waals surface area contributed by atoms with Gasteiger partial charge in [0.25, 0.3) is 5.91 Å². The van der Waals surface area contributed by atoms with E-state index in [4.69, 9.17) is 4.74 Å². The van der Waals surface area contributed by atoms with Gasteiger partial charge in [0.15, 0.2) is 17.2 Å². The van der Waals surface area contributed by atoms with Gasteiger partial charge in [-0.2, -0.15) is 5.26 Å². The lowest BCUT2D eigenvalue weighted by Crippen LogP contribution is -2.42. The number of aromatic nitrogens is 4.